The van der Waals surface area contributed by atoms with Crippen LogP contribution in [0.2, 0.25) is 0 Å². The lowest BCUT2D eigenvalue weighted by molar-refractivity contribution is -0.114. The normalized spacial score (nSPS) is 11.3. The molecule has 2 heteroatoms. The van der Waals surface area contributed by atoms with Crippen molar-refractivity contribution in [1.29, 1.82) is 0 Å². The molecule has 0 aliphatic rings. The van der Waals surface area contributed by atoms with Crippen molar-refractivity contribution >= 4 is 5.78 Å². The molecule has 0 saturated heterocycles. The van der Waals surface area contributed by atoms with Crippen molar-refractivity contribution in [3.8, 4) is 0 Å². The monoisotopic (exact) mass is 169 g/mol. The molecule has 0 aromatic carbocycles. The Labute approximate surface area is 75.3 Å². The molecule has 0 aromatic rings. The zero-order chi connectivity index (χ0) is 9.40. The van der Waals surface area contributed by atoms with Gasteiger partial charge in [0.15, 0.2) is 5.78 Å². The van der Waals surface area contributed by atoms with E-state index in [4.69, 9.17) is 0 Å². The van der Waals surface area contributed by atoms with Gasteiger partial charge in [0, 0.05) is 13.0 Å². The average Bonchev–Trinajstić information content (AvgIpc) is 2.12. The van der Waals surface area contributed by atoms with Crippen LogP contribution in [0.4, 0.5) is 0 Å². The second-order valence-electron chi connectivity index (χ2n) is 2.71. The Morgan fingerprint density at radius 2 is 1.83 bits per heavy atom. The average molecular weight is 169 g/mol. The maximum atomic E-state index is 10.9. The number of allylic oxidation sites excluding steroid dienone is 1. The predicted octanol–water partition coefficient (Wildman–Crippen LogP) is 1.86. The van der Waals surface area contributed by atoms with Gasteiger partial charge in [-0.25, -0.2) is 0 Å². The van der Waals surface area contributed by atoms with E-state index in [1.807, 2.05) is 13.0 Å². The fourth-order valence-corrected chi connectivity index (χ4v) is 0.933. The molecule has 0 radical (unpaired) electrons. The number of carbonyl (C=O) groups is 1. The minimum atomic E-state index is 0.210. The van der Waals surface area contributed by atoms with Gasteiger partial charge in [-0.1, -0.05) is 26.8 Å². The number of carbonyl (C=O) groups excluding carboxylic acids is 1. The van der Waals surface area contributed by atoms with Gasteiger partial charge in [-0.05, 0) is 19.2 Å². The van der Waals surface area contributed by atoms with E-state index in [9.17, 15) is 4.79 Å². The standard InChI is InChI=1S/C10H19NO/c1-4-10(12)8-7-9-11(5-2)6-3/h7-8H,4-6,9H2,1-3H3/b8-7+. The summed E-state index contributed by atoms with van der Waals surface area (Å²) in [5.74, 6) is 0.210. The summed E-state index contributed by atoms with van der Waals surface area (Å²) in [7, 11) is 0. The first-order valence-corrected chi connectivity index (χ1v) is 4.66. The summed E-state index contributed by atoms with van der Waals surface area (Å²) < 4.78 is 0. The predicted molar refractivity (Wildman–Crippen MR) is 52.2 cm³/mol. The lowest BCUT2D eigenvalue weighted by atomic mass is 10.3. The summed E-state index contributed by atoms with van der Waals surface area (Å²) in [6.45, 7) is 9.10. The Balaban J connectivity index is 3.64. The van der Waals surface area contributed by atoms with Gasteiger partial charge in [0.1, 0.15) is 0 Å². The molecule has 0 atom stereocenters. The van der Waals surface area contributed by atoms with Crippen molar-refractivity contribution in [2.45, 2.75) is 27.2 Å². The summed E-state index contributed by atoms with van der Waals surface area (Å²) in [4.78, 5) is 13.1. The third kappa shape index (κ3) is 5.08. The van der Waals surface area contributed by atoms with Gasteiger partial charge < -0.3 is 4.90 Å². The van der Waals surface area contributed by atoms with Gasteiger partial charge in [-0.3, -0.25) is 4.79 Å². The van der Waals surface area contributed by atoms with E-state index in [2.05, 4.69) is 18.7 Å². The first-order valence-electron chi connectivity index (χ1n) is 4.66. The zero-order valence-electron chi connectivity index (χ0n) is 8.34. The number of ketones is 1. The zero-order valence-corrected chi connectivity index (χ0v) is 8.34. The van der Waals surface area contributed by atoms with Crippen molar-refractivity contribution in [3.05, 3.63) is 12.2 Å². The van der Waals surface area contributed by atoms with Gasteiger partial charge in [-0.2, -0.15) is 0 Å². The topological polar surface area (TPSA) is 20.3 Å². The summed E-state index contributed by atoms with van der Waals surface area (Å²) >= 11 is 0. The number of hydrogen-bond acceptors (Lipinski definition) is 2. The highest BCUT2D eigenvalue weighted by atomic mass is 16.1. The van der Waals surface area contributed by atoms with Crippen LogP contribution < -0.4 is 0 Å². The highest BCUT2D eigenvalue weighted by molar-refractivity contribution is 5.89. The first kappa shape index (κ1) is 11.4. The Morgan fingerprint density at radius 1 is 1.25 bits per heavy atom. The third-order valence-corrected chi connectivity index (χ3v) is 1.91. The van der Waals surface area contributed by atoms with Crippen LogP contribution in [0.3, 0.4) is 0 Å². The molecule has 12 heavy (non-hydrogen) atoms. The molecular formula is C10H19NO. The summed E-state index contributed by atoms with van der Waals surface area (Å²) in [5.41, 5.74) is 0. The maximum Gasteiger partial charge on any atom is 0.155 e. The van der Waals surface area contributed by atoms with Gasteiger partial charge in [0.2, 0.25) is 0 Å². The van der Waals surface area contributed by atoms with Crippen molar-refractivity contribution in [1.82, 2.24) is 4.90 Å². The molecule has 0 unspecified atom stereocenters. The molecule has 0 fully saturated rings. The fraction of sp³-hybridized carbons (Fsp3) is 0.700. The highest BCUT2D eigenvalue weighted by Gasteiger charge is 1.94. The summed E-state index contributed by atoms with van der Waals surface area (Å²) in [6, 6.07) is 0. The van der Waals surface area contributed by atoms with Crippen LogP contribution in [0.25, 0.3) is 0 Å². The van der Waals surface area contributed by atoms with Crippen LogP contribution in [0.1, 0.15) is 27.2 Å². The molecule has 70 valence electrons. The number of hydrogen-bond donors (Lipinski definition) is 0. The largest absolute Gasteiger partial charge is 0.300 e. The van der Waals surface area contributed by atoms with Crippen molar-refractivity contribution in [2.24, 2.45) is 0 Å². The molecule has 0 rings (SSSR count). The Morgan fingerprint density at radius 3 is 2.25 bits per heavy atom. The Hall–Kier alpha value is -0.630. The molecule has 0 spiro atoms. The minimum absolute atomic E-state index is 0.210. The minimum Gasteiger partial charge on any atom is -0.300 e. The van der Waals surface area contributed by atoms with Crippen LogP contribution in [0.15, 0.2) is 12.2 Å². The molecule has 0 heterocycles. The van der Waals surface area contributed by atoms with Crippen molar-refractivity contribution in [2.75, 3.05) is 19.6 Å². The molecule has 0 N–H and O–H groups in total. The Kier molecular flexibility index (Phi) is 6.67. The van der Waals surface area contributed by atoms with Gasteiger partial charge in [0.25, 0.3) is 0 Å². The second-order valence-corrected chi connectivity index (χ2v) is 2.71. The van der Waals surface area contributed by atoms with Gasteiger partial charge in [0.05, 0.1) is 0 Å². The van der Waals surface area contributed by atoms with Crippen molar-refractivity contribution in [3.63, 3.8) is 0 Å². The molecule has 2 nitrogen and oxygen atoms in total. The quantitative estimate of drug-likeness (QED) is 0.566. The molecule has 0 aromatic heterocycles. The SMILES string of the molecule is CCC(=O)/C=C/CN(CC)CC. The summed E-state index contributed by atoms with van der Waals surface area (Å²) in [5, 5.41) is 0. The van der Waals surface area contributed by atoms with E-state index in [1.54, 1.807) is 6.08 Å². The molecule has 0 aliphatic heterocycles. The number of likely N-dealkylation sites (N-methyl/N-ethyl adjacent to an activating group) is 1. The van der Waals surface area contributed by atoms with E-state index in [0.717, 1.165) is 19.6 Å². The number of rotatable bonds is 6. The molecular weight excluding hydrogens is 150 g/mol. The third-order valence-electron chi connectivity index (χ3n) is 1.91. The van der Waals surface area contributed by atoms with Crippen LogP contribution in [0.5, 0.6) is 0 Å². The molecule has 0 saturated carbocycles. The van der Waals surface area contributed by atoms with Crippen LogP contribution in [0, 0.1) is 0 Å². The fourth-order valence-electron chi connectivity index (χ4n) is 0.933. The van der Waals surface area contributed by atoms with Gasteiger partial charge in [-0.15, -0.1) is 0 Å². The van der Waals surface area contributed by atoms with E-state index in [0.29, 0.717) is 6.42 Å². The Bertz CT molecular complexity index is 148. The number of nitrogens with zero attached hydrogens (tertiary/aromatic N) is 1. The van der Waals surface area contributed by atoms with E-state index < -0.39 is 0 Å². The molecule has 0 amide bonds. The van der Waals surface area contributed by atoms with Crippen LogP contribution in [-0.4, -0.2) is 30.3 Å². The highest BCUT2D eigenvalue weighted by Crippen LogP contribution is 1.89. The summed E-state index contributed by atoms with van der Waals surface area (Å²) in [6.07, 6.45) is 4.23. The van der Waals surface area contributed by atoms with E-state index >= 15 is 0 Å². The van der Waals surface area contributed by atoms with Crippen molar-refractivity contribution < 1.29 is 4.79 Å². The van der Waals surface area contributed by atoms with Crippen LogP contribution in [-0.2, 0) is 4.79 Å². The second kappa shape index (κ2) is 7.04. The van der Waals surface area contributed by atoms with E-state index in [-0.39, 0.29) is 5.78 Å². The lowest BCUT2D eigenvalue weighted by Gasteiger charge is -2.14. The first-order chi connectivity index (χ1) is 5.74. The molecule has 0 bridgehead atoms. The lowest BCUT2D eigenvalue weighted by Crippen LogP contribution is -2.22. The van der Waals surface area contributed by atoms with E-state index in [1.165, 1.54) is 0 Å². The maximum absolute atomic E-state index is 10.9. The smallest absolute Gasteiger partial charge is 0.155 e. The van der Waals surface area contributed by atoms with Crippen LogP contribution >= 0.6 is 0 Å². The van der Waals surface area contributed by atoms with Gasteiger partial charge >= 0.3 is 0 Å². The molecule has 0 aliphatic carbocycles.